The summed E-state index contributed by atoms with van der Waals surface area (Å²) in [6.45, 7) is 2.25. The number of unbranched alkanes of at least 4 members (excludes halogenated alkanes) is 11. The molecular formula is C23H40O3. The van der Waals surface area contributed by atoms with E-state index in [1.54, 1.807) is 0 Å². The molecule has 0 aliphatic heterocycles. The second-order valence-corrected chi connectivity index (χ2v) is 7.77. The number of carbonyl (C=O) groups excluding carboxylic acids is 1. The van der Waals surface area contributed by atoms with Gasteiger partial charge in [-0.1, -0.05) is 76.9 Å². The van der Waals surface area contributed by atoms with Crippen LogP contribution in [0.5, 0.6) is 0 Å². The Kier molecular flexibility index (Phi) is 13.0. The van der Waals surface area contributed by atoms with Crippen molar-refractivity contribution < 1.29 is 15.0 Å². The number of aliphatic hydroxyl groups is 2. The highest BCUT2D eigenvalue weighted by Gasteiger charge is 2.27. The Labute approximate surface area is 160 Å². The standard InChI is InChI=1S/C23H40O3/c1-2-3-4-5-6-7-8-9-10-11-12-13-14-15-16-17-20-18-19-21(24)23(26)22(20)25/h7-8,20,25-26H,2-6,9-19H2,1H3/b8-7-/t20-/m1/s1. The molecule has 1 rings (SSSR count). The van der Waals surface area contributed by atoms with Crippen LogP contribution >= 0.6 is 0 Å². The van der Waals surface area contributed by atoms with Crippen LogP contribution < -0.4 is 0 Å². The number of hydrogen-bond acceptors (Lipinski definition) is 3. The SMILES string of the molecule is CCCCCC/C=C\CCCCCCCCC[C@@H]1CCC(=O)C(O)=C1O. The molecule has 0 bridgehead atoms. The molecule has 0 spiro atoms. The van der Waals surface area contributed by atoms with Gasteiger partial charge in [-0.05, 0) is 38.5 Å². The highest BCUT2D eigenvalue weighted by molar-refractivity contribution is 5.94. The van der Waals surface area contributed by atoms with Crippen molar-refractivity contribution in [3.63, 3.8) is 0 Å². The normalized spacial score (nSPS) is 18.2. The fraction of sp³-hybridized carbons (Fsp3) is 0.783. The molecule has 26 heavy (non-hydrogen) atoms. The zero-order valence-electron chi connectivity index (χ0n) is 16.8. The Morgan fingerprint density at radius 3 is 2.00 bits per heavy atom. The van der Waals surface area contributed by atoms with Crippen LogP contribution in [0.4, 0.5) is 0 Å². The van der Waals surface area contributed by atoms with Crippen LogP contribution in [0, 0.1) is 5.92 Å². The van der Waals surface area contributed by atoms with Crippen LogP contribution in [0.2, 0.25) is 0 Å². The zero-order valence-corrected chi connectivity index (χ0v) is 16.8. The maximum Gasteiger partial charge on any atom is 0.200 e. The molecule has 150 valence electrons. The predicted molar refractivity (Wildman–Crippen MR) is 109 cm³/mol. The highest BCUT2D eigenvalue weighted by atomic mass is 16.3. The average Bonchev–Trinajstić information content (AvgIpc) is 2.64. The van der Waals surface area contributed by atoms with Gasteiger partial charge < -0.3 is 10.2 Å². The lowest BCUT2D eigenvalue weighted by atomic mass is 9.87. The summed E-state index contributed by atoms with van der Waals surface area (Å²) in [5.41, 5.74) is 0. The zero-order chi connectivity index (χ0) is 19.0. The number of ketones is 1. The first-order valence-corrected chi connectivity index (χ1v) is 11.0. The van der Waals surface area contributed by atoms with Gasteiger partial charge in [0.2, 0.25) is 5.78 Å². The van der Waals surface area contributed by atoms with Crippen LogP contribution in [0.25, 0.3) is 0 Å². The maximum absolute atomic E-state index is 11.3. The summed E-state index contributed by atoms with van der Waals surface area (Å²) in [5, 5.41) is 19.3. The van der Waals surface area contributed by atoms with Crippen molar-refractivity contribution in [2.45, 2.75) is 110 Å². The summed E-state index contributed by atoms with van der Waals surface area (Å²) in [6, 6.07) is 0. The molecule has 1 aliphatic carbocycles. The van der Waals surface area contributed by atoms with Crippen LogP contribution in [0.15, 0.2) is 23.7 Å². The van der Waals surface area contributed by atoms with Crippen molar-refractivity contribution in [3.05, 3.63) is 23.7 Å². The van der Waals surface area contributed by atoms with Crippen molar-refractivity contribution >= 4 is 5.78 Å². The largest absolute Gasteiger partial charge is 0.508 e. The van der Waals surface area contributed by atoms with Gasteiger partial charge in [-0.25, -0.2) is 0 Å². The third kappa shape index (κ3) is 10.0. The number of aliphatic hydroxyl groups excluding tert-OH is 2. The van der Waals surface area contributed by atoms with Crippen LogP contribution in [-0.4, -0.2) is 16.0 Å². The van der Waals surface area contributed by atoms with Gasteiger partial charge >= 0.3 is 0 Å². The van der Waals surface area contributed by atoms with Gasteiger partial charge in [0.05, 0.1) is 0 Å². The Balaban J connectivity index is 1.88. The maximum atomic E-state index is 11.3. The molecule has 2 N–H and O–H groups in total. The summed E-state index contributed by atoms with van der Waals surface area (Å²) in [4.78, 5) is 11.3. The molecule has 0 aromatic carbocycles. The minimum Gasteiger partial charge on any atom is -0.508 e. The van der Waals surface area contributed by atoms with Crippen molar-refractivity contribution in [1.82, 2.24) is 0 Å². The quantitative estimate of drug-likeness (QED) is 0.236. The van der Waals surface area contributed by atoms with Crippen molar-refractivity contribution in [2.75, 3.05) is 0 Å². The first-order chi connectivity index (χ1) is 12.7. The van der Waals surface area contributed by atoms with Gasteiger partial charge in [0.15, 0.2) is 5.76 Å². The van der Waals surface area contributed by atoms with Gasteiger partial charge in [-0.2, -0.15) is 0 Å². The summed E-state index contributed by atoms with van der Waals surface area (Å²) < 4.78 is 0. The predicted octanol–water partition coefficient (Wildman–Crippen LogP) is 7.33. The summed E-state index contributed by atoms with van der Waals surface area (Å²) >= 11 is 0. The second-order valence-electron chi connectivity index (χ2n) is 7.77. The van der Waals surface area contributed by atoms with E-state index in [0.717, 1.165) is 12.8 Å². The molecule has 0 radical (unpaired) electrons. The monoisotopic (exact) mass is 364 g/mol. The number of allylic oxidation sites excluding steroid dienone is 4. The summed E-state index contributed by atoms with van der Waals surface area (Å²) in [5.74, 6) is -0.789. The lowest BCUT2D eigenvalue weighted by molar-refractivity contribution is -0.119. The third-order valence-corrected chi connectivity index (χ3v) is 5.43. The first kappa shape index (κ1) is 22.8. The molecule has 0 aromatic heterocycles. The van der Waals surface area contributed by atoms with Crippen molar-refractivity contribution in [2.24, 2.45) is 5.92 Å². The Bertz CT molecular complexity index is 437. The fourth-order valence-electron chi connectivity index (χ4n) is 3.64. The number of hydrogen-bond donors (Lipinski definition) is 2. The van der Waals surface area contributed by atoms with Crippen LogP contribution in [0.3, 0.4) is 0 Å². The molecule has 0 fully saturated rings. The summed E-state index contributed by atoms with van der Waals surface area (Å²) in [6.07, 6.45) is 23.2. The van der Waals surface area contributed by atoms with Crippen molar-refractivity contribution in [3.8, 4) is 0 Å². The molecule has 0 aromatic rings. The number of Topliss-reactive ketones (excluding diaryl/α,β-unsaturated/α-hetero) is 1. The summed E-state index contributed by atoms with van der Waals surface area (Å²) in [7, 11) is 0. The molecule has 1 aliphatic rings. The van der Waals surface area contributed by atoms with E-state index in [2.05, 4.69) is 19.1 Å². The molecule has 0 saturated carbocycles. The molecule has 3 nitrogen and oxygen atoms in total. The average molecular weight is 365 g/mol. The molecule has 0 saturated heterocycles. The van der Waals surface area contributed by atoms with Crippen LogP contribution in [-0.2, 0) is 4.79 Å². The minimum atomic E-state index is -0.392. The Hall–Kier alpha value is -1.25. The van der Waals surface area contributed by atoms with Gasteiger partial charge in [-0.3, -0.25) is 4.79 Å². The van der Waals surface area contributed by atoms with E-state index >= 15 is 0 Å². The fourth-order valence-corrected chi connectivity index (χ4v) is 3.64. The second kappa shape index (κ2) is 14.9. The van der Waals surface area contributed by atoms with E-state index in [-0.39, 0.29) is 17.5 Å². The smallest absolute Gasteiger partial charge is 0.200 e. The Morgan fingerprint density at radius 2 is 1.38 bits per heavy atom. The third-order valence-electron chi connectivity index (χ3n) is 5.43. The van der Waals surface area contributed by atoms with E-state index in [4.69, 9.17) is 0 Å². The topological polar surface area (TPSA) is 57.5 Å². The van der Waals surface area contributed by atoms with E-state index in [0.29, 0.717) is 12.8 Å². The van der Waals surface area contributed by atoms with Crippen LogP contribution in [0.1, 0.15) is 110 Å². The van der Waals surface area contributed by atoms with E-state index in [1.807, 2.05) is 0 Å². The molecule has 0 heterocycles. The Morgan fingerprint density at radius 1 is 0.846 bits per heavy atom. The molecule has 0 unspecified atom stereocenters. The van der Waals surface area contributed by atoms with Gasteiger partial charge in [0.1, 0.15) is 5.76 Å². The van der Waals surface area contributed by atoms with E-state index in [1.165, 1.54) is 77.0 Å². The molecule has 1 atom stereocenters. The van der Waals surface area contributed by atoms with E-state index in [9.17, 15) is 15.0 Å². The number of carbonyl (C=O) groups is 1. The van der Waals surface area contributed by atoms with Gasteiger partial charge in [0, 0.05) is 12.3 Å². The molecule has 3 heteroatoms. The van der Waals surface area contributed by atoms with Gasteiger partial charge in [0.25, 0.3) is 0 Å². The lowest BCUT2D eigenvalue weighted by Gasteiger charge is -2.20. The lowest BCUT2D eigenvalue weighted by Crippen LogP contribution is -2.19. The van der Waals surface area contributed by atoms with E-state index < -0.39 is 5.76 Å². The molecule has 0 amide bonds. The molecular weight excluding hydrogens is 324 g/mol. The minimum absolute atomic E-state index is 0.0125. The van der Waals surface area contributed by atoms with Crippen molar-refractivity contribution in [1.29, 1.82) is 0 Å². The highest BCUT2D eigenvalue weighted by Crippen LogP contribution is 2.29. The first-order valence-electron chi connectivity index (χ1n) is 11.0. The van der Waals surface area contributed by atoms with Gasteiger partial charge in [-0.15, -0.1) is 0 Å². The number of rotatable bonds is 15.